The average Bonchev–Trinajstić information content (AvgIpc) is 3.42. The quantitative estimate of drug-likeness (QED) is 0.591. The molecule has 3 heterocycles. The number of allylic oxidation sites excluding steroid dienone is 1. The van der Waals surface area contributed by atoms with Crippen LogP contribution in [0.3, 0.4) is 0 Å². The number of fused-ring (bicyclic) bond motifs is 1. The van der Waals surface area contributed by atoms with E-state index in [9.17, 15) is 0 Å². The van der Waals surface area contributed by atoms with Crippen LogP contribution in [-0.4, -0.2) is 20.6 Å². The SMILES string of the molecule is Cc1cccc(C#Cc2cccc(-c3cn4c(n3)N(C3CCCC3)C=CC4)c2)n1. The van der Waals surface area contributed by atoms with Crippen molar-refractivity contribution >= 4 is 5.95 Å². The van der Waals surface area contributed by atoms with Crippen LogP contribution in [0.4, 0.5) is 5.95 Å². The predicted octanol–water partition coefficient (Wildman–Crippen LogP) is 4.93. The third-order valence-electron chi connectivity index (χ3n) is 5.65. The molecule has 1 fully saturated rings. The molecule has 144 valence electrons. The normalized spacial score (nSPS) is 15.8. The Morgan fingerprint density at radius 2 is 1.86 bits per heavy atom. The molecule has 4 heteroatoms. The van der Waals surface area contributed by atoms with Gasteiger partial charge in [-0.3, -0.25) is 0 Å². The first-order valence-corrected chi connectivity index (χ1v) is 10.3. The van der Waals surface area contributed by atoms with Gasteiger partial charge in [-0.15, -0.1) is 0 Å². The Balaban J connectivity index is 1.43. The molecule has 0 unspecified atom stereocenters. The molecule has 0 spiro atoms. The van der Waals surface area contributed by atoms with Gasteiger partial charge >= 0.3 is 0 Å². The van der Waals surface area contributed by atoms with Gasteiger partial charge in [-0.25, -0.2) is 9.97 Å². The Morgan fingerprint density at radius 3 is 2.72 bits per heavy atom. The van der Waals surface area contributed by atoms with Crippen molar-refractivity contribution in [1.82, 2.24) is 14.5 Å². The van der Waals surface area contributed by atoms with E-state index in [-0.39, 0.29) is 0 Å². The van der Waals surface area contributed by atoms with Gasteiger partial charge in [0.1, 0.15) is 5.69 Å². The molecular formula is C25H24N4. The molecule has 0 saturated heterocycles. The molecule has 3 aromatic rings. The molecule has 2 aliphatic rings. The van der Waals surface area contributed by atoms with Crippen LogP contribution >= 0.6 is 0 Å². The molecule has 1 saturated carbocycles. The Kier molecular flexibility index (Phi) is 4.65. The average molecular weight is 380 g/mol. The van der Waals surface area contributed by atoms with E-state index in [2.05, 4.69) is 56.9 Å². The predicted molar refractivity (Wildman–Crippen MR) is 116 cm³/mol. The molecule has 1 aliphatic heterocycles. The number of aromatic nitrogens is 3. The fraction of sp³-hybridized carbons (Fsp3) is 0.280. The summed E-state index contributed by atoms with van der Waals surface area (Å²) in [6, 6.07) is 14.8. The molecular weight excluding hydrogens is 356 g/mol. The van der Waals surface area contributed by atoms with Crippen LogP contribution in [0.15, 0.2) is 60.9 Å². The highest BCUT2D eigenvalue weighted by atomic mass is 15.3. The Morgan fingerprint density at radius 1 is 1.00 bits per heavy atom. The van der Waals surface area contributed by atoms with Crippen molar-refractivity contribution in [2.75, 3.05) is 4.90 Å². The van der Waals surface area contributed by atoms with Gasteiger partial charge < -0.3 is 9.47 Å². The lowest BCUT2D eigenvalue weighted by atomic mass is 10.1. The van der Waals surface area contributed by atoms with E-state index >= 15 is 0 Å². The van der Waals surface area contributed by atoms with Crippen LogP contribution in [0.5, 0.6) is 0 Å². The van der Waals surface area contributed by atoms with E-state index < -0.39 is 0 Å². The Hall–Kier alpha value is -3.32. The van der Waals surface area contributed by atoms with Crippen molar-refractivity contribution in [3.63, 3.8) is 0 Å². The lowest BCUT2D eigenvalue weighted by molar-refractivity contribution is 0.624. The van der Waals surface area contributed by atoms with Crippen molar-refractivity contribution in [3.8, 4) is 23.1 Å². The molecule has 0 amide bonds. The standard InChI is InChI=1S/C25H24N4/c1-19-7-4-10-22(26-19)14-13-20-8-5-9-21(17-20)24-18-28-15-6-16-29(25(28)27-24)23-11-2-3-12-23/h4-10,16-18,23H,2-3,11-12,15H2,1H3. The zero-order valence-corrected chi connectivity index (χ0v) is 16.7. The van der Waals surface area contributed by atoms with Crippen molar-refractivity contribution in [3.05, 3.63) is 77.9 Å². The zero-order chi connectivity index (χ0) is 19.6. The molecule has 0 N–H and O–H groups in total. The van der Waals surface area contributed by atoms with Crippen molar-refractivity contribution < 1.29 is 0 Å². The summed E-state index contributed by atoms with van der Waals surface area (Å²) in [7, 11) is 0. The van der Waals surface area contributed by atoms with Gasteiger partial charge in [-0.1, -0.05) is 37.0 Å². The van der Waals surface area contributed by atoms with Crippen molar-refractivity contribution in [2.45, 2.75) is 45.2 Å². The maximum absolute atomic E-state index is 5.00. The minimum atomic E-state index is 0.583. The van der Waals surface area contributed by atoms with Gasteiger partial charge in [0, 0.05) is 41.8 Å². The highest BCUT2D eigenvalue weighted by molar-refractivity contribution is 5.64. The highest BCUT2D eigenvalue weighted by Gasteiger charge is 2.26. The number of hydrogen-bond acceptors (Lipinski definition) is 3. The first kappa shape index (κ1) is 17.8. The van der Waals surface area contributed by atoms with E-state index in [0.29, 0.717) is 6.04 Å². The second-order valence-electron chi connectivity index (χ2n) is 7.80. The molecule has 0 radical (unpaired) electrons. The number of hydrogen-bond donors (Lipinski definition) is 0. The second kappa shape index (κ2) is 7.60. The first-order chi connectivity index (χ1) is 14.3. The number of aryl methyl sites for hydroxylation is 1. The maximum atomic E-state index is 5.00. The first-order valence-electron chi connectivity index (χ1n) is 10.3. The van der Waals surface area contributed by atoms with Gasteiger partial charge in [0.05, 0.1) is 5.69 Å². The lowest BCUT2D eigenvalue weighted by Gasteiger charge is -2.29. The minimum absolute atomic E-state index is 0.583. The van der Waals surface area contributed by atoms with Gasteiger partial charge in [0.15, 0.2) is 0 Å². The fourth-order valence-corrected chi connectivity index (χ4v) is 4.20. The van der Waals surface area contributed by atoms with Crippen LogP contribution in [0.25, 0.3) is 11.3 Å². The second-order valence-corrected chi connectivity index (χ2v) is 7.80. The van der Waals surface area contributed by atoms with Crippen LogP contribution in [0, 0.1) is 18.8 Å². The summed E-state index contributed by atoms with van der Waals surface area (Å²) >= 11 is 0. The lowest BCUT2D eigenvalue weighted by Crippen LogP contribution is -2.32. The Bertz CT molecular complexity index is 1120. The van der Waals surface area contributed by atoms with E-state index in [4.69, 9.17) is 4.98 Å². The number of anilines is 1. The Labute approximate surface area is 171 Å². The van der Waals surface area contributed by atoms with Gasteiger partial charge in [-0.2, -0.15) is 0 Å². The molecule has 0 atom stereocenters. The van der Waals surface area contributed by atoms with E-state index in [0.717, 1.165) is 40.7 Å². The molecule has 1 aliphatic carbocycles. The van der Waals surface area contributed by atoms with Crippen LogP contribution in [-0.2, 0) is 6.54 Å². The van der Waals surface area contributed by atoms with E-state index in [1.165, 1.54) is 25.7 Å². The summed E-state index contributed by atoms with van der Waals surface area (Å²) in [4.78, 5) is 11.8. The molecule has 4 nitrogen and oxygen atoms in total. The van der Waals surface area contributed by atoms with Crippen molar-refractivity contribution in [2.24, 2.45) is 0 Å². The maximum Gasteiger partial charge on any atom is 0.210 e. The fourth-order valence-electron chi connectivity index (χ4n) is 4.20. The summed E-state index contributed by atoms with van der Waals surface area (Å²) < 4.78 is 2.25. The monoisotopic (exact) mass is 380 g/mol. The number of imidazole rings is 1. The van der Waals surface area contributed by atoms with Gasteiger partial charge in [0.2, 0.25) is 5.95 Å². The number of rotatable bonds is 2. The zero-order valence-electron chi connectivity index (χ0n) is 16.7. The molecule has 1 aromatic carbocycles. The number of benzene rings is 1. The summed E-state index contributed by atoms with van der Waals surface area (Å²) in [5, 5.41) is 0. The van der Waals surface area contributed by atoms with Gasteiger partial charge in [-0.05, 0) is 56.0 Å². The topological polar surface area (TPSA) is 34.0 Å². The van der Waals surface area contributed by atoms with Crippen LogP contribution in [0.1, 0.15) is 42.6 Å². The molecule has 5 rings (SSSR count). The summed E-state index contributed by atoms with van der Waals surface area (Å²) in [6.07, 6.45) is 11.8. The third kappa shape index (κ3) is 3.69. The highest BCUT2D eigenvalue weighted by Crippen LogP contribution is 2.32. The van der Waals surface area contributed by atoms with E-state index in [1.807, 2.05) is 37.3 Å². The molecule has 0 bridgehead atoms. The summed E-state index contributed by atoms with van der Waals surface area (Å²) in [6.45, 7) is 2.86. The molecule has 29 heavy (non-hydrogen) atoms. The van der Waals surface area contributed by atoms with Crippen molar-refractivity contribution in [1.29, 1.82) is 0 Å². The van der Waals surface area contributed by atoms with Gasteiger partial charge in [0.25, 0.3) is 0 Å². The summed E-state index contributed by atoms with van der Waals surface area (Å²) in [5.74, 6) is 7.48. The number of nitrogens with zero attached hydrogens (tertiary/aromatic N) is 4. The van der Waals surface area contributed by atoms with Crippen LogP contribution < -0.4 is 4.90 Å². The minimum Gasteiger partial charge on any atom is -0.316 e. The van der Waals surface area contributed by atoms with E-state index in [1.54, 1.807) is 0 Å². The molecule has 2 aromatic heterocycles. The number of pyridine rings is 1. The van der Waals surface area contributed by atoms with Crippen LogP contribution in [0.2, 0.25) is 0 Å². The smallest absolute Gasteiger partial charge is 0.210 e. The summed E-state index contributed by atoms with van der Waals surface area (Å²) in [5.41, 5.74) is 4.86. The third-order valence-corrected chi connectivity index (χ3v) is 5.65. The largest absolute Gasteiger partial charge is 0.316 e.